The van der Waals surface area contributed by atoms with Crippen molar-refractivity contribution in [1.82, 2.24) is 9.97 Å². The maximum absolute atomic E-state index is 13.4. The number of ether oxygens (including phenoxy) is 2. The van der Waals surface area contributed by atoms with E-state index < -0.39 is 0 Å². The van der Waals surface area contributed by atoms with Crippen LogP contribution in [0, 0.1) is 5.82 Å². The van der Waals surface area contributed by atoms with Crippen LogP contribution in [0.3, 0.4) is 0 Å². The van der Waals surface area contributed by atoms with Gasteiger partial charge in [0.1, 0.15) is 11.6 Å². The van der Waals surface area contributed by atoms with Crippen LogP contribution in [0.2, 0.25) is 0 Å². The van der Waals surface area contributed by atoms with Crippen LogP contribution in [0.5, 0.6) is 11.6 Å². The Labute approximate surface area is 115 Å². The van der Waals surface area contributed by atoms with Crippen molar-refractivity contribution in [3.8, 4) is 11.6 Å². The van der Waals surface area contributed by atoms with Crippen LogP contribution < -0.4 is 14.8 Å². The lowest BCUT2D eigenvalue weighted by atomic mass is 10.0. The molecular weight excluding hydrogens is 261 g/mol. The Kier molecular flexibility index (Phi) is 3.37. The lowest BCUT2D eigenvalue weighted by Crippen LogP contribution is -2.21. The molecule has 1 atom stereocenters. The quantitative estimate of drug-likeness (QED) is 0.933. The molecule has 0 bridgehead atoms. The average molecular weight is 275 g/mol. The number of fused-ring (bicyclic) bond motifs is 1. The molecule has 2 aromatic rings. The molecule has 0 saturated carbocycles. The van der Waals surface area contributed by atoms with Crippen molar-refractivity contribution in [2.45, 2.75) is 12.5 Å². The van der Waals surface area contributed by atoms with Gasteiger partial charge in [0.15, 0.2) is 0 Å². The number of rotatable bonds is 3. The zero-order valence-corrected chi connectivity index (χ0v) is 11.0. The van der Waals surface area contributed by atoms with Crippen molar-refractivity contribution in [3.05, 3.63) is 41.8 Å². The number of aromatic nitrogens is 2. The molecule has 104 valence electrons. The minimum absolute atomic E-state index is 0.0819. The first kappa shape index (κ1) is 12.7. The minimum atomic E-state index is -0.285. The van der Waals surface area contributed by atoms with E-state index in [1.54, 1.807) is 25.4 Å². The van der Waals surface area contributed by atoms with Crippen LogP contribution in [-0.2, 0) is 0 Å². The first-order chi connectivity index (χ1) is 9.76. The molecule has 1 aliphatic heterocycles. The van der Waals surface area contributed by atoms with E-state index in [1.165, 1.54) is 12.1 Å². The molecule has 0 aliphatic carbocycles. The predicted octanol–water partition coefficient (Wildman–Crippen LogP) is 2.56. The summed E-state index contributed by atoms with van der Waals surface area (Å²) in [5.41, 5.74) is 0.780. The second kappa shape index (κ2) is 5.32. The molecule has 6 heteroatoms. The van der Waals surface area contributed by atoms with Crippen LogP contribution in [0.1, 0.15) is 18.0 Å². The Morgan fingerprint density at radius 2 is 2.30 bits per heavy atom. The molecule has 0 spiro atoms. The Balaban J connectivity index is 1.87. The molecule has 1 aliphatic rings. The molecule has 1 unspecified atom stereocenters. The second-order valence-electron chi connectivity index (χ2n) is 4.44. The van der Waals surface area contributed by atoms with Gasteiger partial charge in [-0.05, 0) is 18.2 Å². The van der Waals surface area contributed by atoms with Crippen LogP contribution >= 0.6 is 0 Å². The van der Waals surface area contributed by atoms with Gasteiger partial charge in [-0.2, -0.15) is 4.98 Å². The first-order valence-corrected chi connectivity index (χ1v) is 6.32. The predicted molar refractivity (Wildman–Crippen MR) is 71.5 cm³/mol. The molecule has 0 amide bonds. The van der Waals surface area contributed by atoms with Crippen LogP contribution in [0.15, 0.2) is 30.5 Å². The van der Waals surface area contributed by atoms with Crippen molar-refractivity contribution >= 4 is 5.95 Å². The summed E-state index contributed by atoms with van der Waals surface area (Å²) in [6.07, 6.45) is 2.33. The highest BCUT2D eigenvalue weighted by molar-refractivity contribution is 5.42. The molecule has 1 aromatic carbocycles. The first-order valence-electron chi connectivity index (χ1n) is 6.32. The smallest absolute Gasteiger partial charge is 0.226 e. The molecule has 2 heterocycles. The highest BCUT2D eigenvalue weighted by Gasteiger charge is 2.22. The maximum atomic E-state index is 13.4. The van der Waals surface area contributed by atoms with Crippen LogP contribution in [0.25, 0.3) is 0 Å². The largest absolute Gasteiger partial charge is 0.493 e. The maximum Gasteiger partial charge on any atom is 0.226 e. The van der Waals surface area contributed by atoms with Gasteiger partial charge in [0.25, 0.3) is 0 Å². The highest BCUT2D eigenvalue weighted by Crippen LogP contribution is 2.34. The van der Waals surface area contributed by atoms with Gasteiger partial charge in [0, 0.05) is 24.2 Å². The van der Waals surface area contributed by atoms with E-state index in [2.05, 4.69) is 15.3 Å². The second-order valence-corrected chi connectivity index (χ2v) is 4.44. The van der Waals surface area contributed by atoms with Gasteiger partial charge >= 0.3 is 0 Å². The Morgan fingerprint density at radius 1 is 1.40 bits per heavy atom. The van der Waals surface area contributed by atoms with Crippen molar-refractivity contribution in [2.24, 2.45) is 0 Å². The van der Waals surface area contributed by atoms with Crippen molar-refractivity contribution in [3.63, 3.8) is 0 Å². The lowest BCUT2D eigenvalue weighted by molar-refractivity contribution is 0.273. The average Bonchev–Trinajstić information content (AvgIpc) is 2.48. The van der Waals surface area contributed by atoms with Gasteiger partial charge in [-0.15, -0.1) is 0 Å². The summed E-state index contributed by atoms with van der Waals surface area (Å²) in [6, 6.07) is 6.10. The third-order valence-electron chi connectivity index (χ3n) is 3.15. The highest BCUT2D eigenvalue weighted by atomic mass is 19.1. The summed E-state index contributed by atoms with van der Waals surface area (Å²) < 4.78 is 24.0. The number of nitrogens with zero attached hydrogens (tertiary/aromatic N) is 2. The van der Waals surface area contributed by atoms with E-state index in [4.69, 9.17) is 9.47 Å². The zero-order chi connectivity index (χ0) is 13.9. The molecular formula is C14H14FN3O2. The van der Waals surface area contributed by atoms with Gasteiger partial charge in [0.2, 0.25) is 11.8 Å². The Bertz CT molecular complexity index is 621. The normalized spacial score (nSPS) is 17.0. The fourth-order valence-corrected chi connectivity index (χ4v) is 2.20. The summed E-state index contributed by atoms with van der Waals surface area (Å²) in [5, 5.41) is 3.19. The van der Waals surface area contributed by atoms with Crippen LogP contribution in [-0.4, -0.2) is 23.7 Å². The lowest BCUT2D eigenvalue weighted by Gasteiger charge is -2.26. The van der Waals surface area contributed by atoms with Crippen molar-refractivity contribution in [2.75, 3.05) is 19.0 Å². The van der Waals surface area contributed by atoms with Gasteiger partial charge in [-0.25, -0.2) is 9.37 Å². The third kappa shape index (κ3) is 2.49. The Morgan fingerprint density at radius 3 is 3.15 bits per heavy atom. The van der Waals surface area contributed by atoms with Gasteiger partial charge in [-0.1, -0.05) is 0 Å². The van der Waals surface area contributed by atoms with Crippen molar-refractivity contribution in [1.29, 1.82) is 0 Å². The number of anilines is 1. The number of halogens is 1. The van der Waals surface area contributed by atoms with Gasteiger partial charge in [-0.3, -0.25) is 0 Å². The van der Waals surface area contributed by atoms with E-state index in [1.807, 2.05) is 0 Å². The molecule has 0 saturated heterocycles. The molecule has 0 radical (unpaired) electrons. The topological polar surface area (TPSA) is 56.3 Å². The summed E-state index contributed by atoms with van der Waals surface area (Å²) in [6.45, 7) is 0.570. The van der Waals surface area contributed by atoms with E-state index in [9.17, 15) is 4.39 Å². The molecule has 5 nitrogen and oxygen atoms in total. The number of nitrogens with one attached hydrogen (secondary N) is 1. The zero-order valence-electron chi connectivity index (χ0n) is 11.0. The van der Waals surface area contributed by atoms with E-state index in [-0.39, 0.29) is 11.9 Å². The number of hydrogen-bond acceptors (Lipinski definition) is 5. The fourth-order valence-electron chi connectivity index (χ4n) is 2.20. The SMILES string of the molecule is COc1ccnc(NC2CCOc3ccc(F)cc32)n1. The van der Waals surface area contributed by atoms with E-state index >= 15 is 0 Å². The molecule has 3 rings (SSSR count). The van der Waals surface area contributed by atoms with Gasteiger partial charge in [0.05, 0.1) is 19.8 Å². The van der Waals surface area contributed by atoms with E-state index in [0.717, 1.165) is 12.0 Å². The standard InChI is InChI=1S/C14H14FN3O2/c1-19-13-4-6-16-14(18-13)17-11-5-7-20-12-3-2-9(15)8-10(11)12/h2-4,6,8,11H,5,7H2,1H3,(H,16,17,18). The third-order valence-corrected chi connectivity index (χ3v) is 3.15. The van der Waals surface area contributed by atoms with Gasteiger partial charge < -0.3 is 14.8 Å². The Hall–Kier alpha value is -2.37. The van der Waals surface area contributed by atoms with Crippen molar-refractivity contribution < 1.29 is 13.9 Å². The number of hydrogen-bond donors (Lipinski definition) is 1. The minimum Gasteiger partial charge on any atom is -0.493 e. The number of benzene rings is 1. The summed E-state index contributed by atoms with van der Waals surface area (Å²) in [7, 11) is 1.55. The molecule has 1 aromatic heterocycles. The molecule has 20 heavy (non-hydrogen) atoms. The monoisotopic (exact) mass is 275 g/mol. The van der Waals surface area contributed by atoms with Crippen LogP contribution in [0.4, 0.5) is 10.3 Å². The summed E-state index contributed by atoms with van der Waals surface area (Å²) in [5.74, 6) is 1.34. The number of methoxy groups -OCH3 is 1. The molecule has 0 fully saturated rings. The summed E-state index contributed by atoms with van der Waals surface area (Å²) >= 11 is 0. The summed E-state index contributed by atoms with van der Waals surface area (Å²) in [4.78, 5) is 8.34. The molecule has 1 N–H and O–H groups in total. The van der Waals surface area contributed by atoms with E-state index in [0.29, 0.717) is 24.2 Å². The fraction of sp³-hybridized carbons (Fsp3) is 0.286.